The van der Waals surface area contributed by atoms with Crippen LogP contribution >= 0.6 is 23.2 Å². The van der Waals surface area contributed by atoms with E-state index in [9.17, 15) is 4.79 Å². The van der Waals surface area contributed by atoms with Gasteiger partial charge in [0.1, 0.15) is 12.0 Å². The van der Waals surface area contributed by atoms with E-state index in [1.165, 1.54) is 11.9 Å². The van der Waals surface area contributed by atoms with E-state index in [0.29, 0.717) is 12.8 Å². The normalized spacial score (nSPS) is 10.3. The van der Waals surface area contributed by atoms with E-state index < -0.39 is 0 Å². The SMILES string of the molecule is Cc1ccccc1CCC(=O)Nc1c(Cl)ncnc1Cl. The van der Waals surface area contributed by atoms with Crippen molar-refractivity contribution in [2.24, 2.45) is 0 Å². The molecule has 1 amide bonds. The van der Waals surface area contributed by atoms with Crippen LogP contribution in [0, 0.1) is 6.92 Å². The molecule has 0 aliphatic rings. The minimum Gasteiger partial charge on any atom is -0.321 e. The monoisotopic (exact) mass is 309 g/mol. The van der Waals surface area contributed by atoms with Crippen LogP contribution in [-0.4, -0.2) is 15.9 Å². The third-order valence-electron chi connectivity index (χ3n) is 2.90. The molecular formula is C14H13Cl2N3O. The lowest BCUT2D eigenvalue weighted by Gasteiger charge is -2.08. The van der Waals surface area contributed by atoms with Crippen LogP contribution in [0.4, 0.5) is 5.69 Å². The Balaban J connectivity index is 1.98. The zero-order chi connectivity index (χ0) is 14.5. The van der Waals surface area contributed by atoms with Crippen molar-refractivity contribution in [2.75, 3.05) is 5.32 Å². The van der Waals surface area contributed by atoms with Gasteiger partial charge in [-0.2, -0.15) is 0 Å². The van der Waals surface area contributed by atoms with Crippen molar-refractivity contribution in [3.8, 4) is 0 Å². The molecule has 2 aromatic rings. The van der Waals surface area contributed by atoms with Crippen LogP contribution in [-0.2, 0) is 11.2 Å². The molecule has 1 heterocycles. The second kappa shape index (κ2) is 6.68. The van der Waals surface area contributed by atoms with Crippen molar-refractivity contribution in [2.45, 2.75) is 19.8 Å². The van der Waals surface area contributed by atoms with E-state index in [1.807, 2.05) is 31.2 Å². The Morgan fingerprint density at radius 1 is 1.20 bits per heavy atom. The molecule has 4 nitrogen and oxygen atoms in total. The van der Waals surface area contributed by atoms with Crippen LogP contribution < -0.4 is 5.32 Å². The number of amides is 1. The van der Waals surface area contributed by atoms with Gasteiger partial charge in [0.25, 0.3) is 0 Å². The molecular weight excluding hydrogens is 297 g/mol. The fraction of sp³-hybridized carbons (Fsp3) is 0.214. The van der Waals surface area contributed by atoms with Gasteiger partial charge in [-0.15, -0.1) is 0 Å². The number of rotatable bonds is 4. The van der Waals surface area contributed by atoms with Gasteiger partial charge in [0.2, 0.25) is 5.91 Å². The highest BCUT2D eigenvalue weighted by molar-refractivity contribution is 6.38. The maximum Gasteiger partial charge on any atom is 0.224 e. The van der Waals surface area contributed by atoms with Crippen LogP contribution in [0.3, 0.4) is 0 Å². The molecule has 0 spiro atoms. The molecule has 104 valence electrons. The number of anilines is 1. The van der Waals surface area contributed by atoms with Crippen LogP contribution in [0.1, 0.15) is 17.5 Å². The number of hydrogen-bond acceptors (Lipinski definition) is 3. The molecule has 0 bridgehead atoms. The van der Waals surface area contributed by atoms with Gasteiger partial charge < -0.3 is 5.32 Å². The molecule has 20 heavy (non-hydrogen) atoms. The number of nitrogens with zero attached hydrogens (tertiary/aromatic N) is 2. The molecule has 0 fully saturated rings. The number of carbonyl (C=O) groups is 1. The third kappa shape index (κ3) is 3.68. The zero-order valence-corrected chi connectivity index (χ0v) is 12.4. The van der Waals surface area contributed by atoms with Gasteiger partial charge >= 0.3 is 0 Å². The fourth-order valence-electron chi connectivity index (χ4n) is 1.79. The van der Waals surface area contributed by atoms with Gasteiger partial charge in [0.05, 0.1) is 0 Å². The Kier molecular flexibility index (Phi) is 4.93. The van der Waals surface area contributed by atoms with Crippen molar-refractivity contribution in [1.29, 1.82) is 0 Å². The number of halogens is 2. The molecule has 1 aromatic carbocycles. The summed E-state index contributed by atoms with van der Waals surface area (Å²) < 4.78 is 0. The molecule has 2 rings (SSSR count). The Labute approximate surface area is 127 Å². The number of benzene rings is 1. The van der Waals surface area contributed by atoms with E-state index in [4.69, 9.17) is 23.2 Å². The zero-order valence-electron chi connectivity index (χ0n) is 10.9. The Morgan fingerprint density at radius 3 is 2.50 bits per heavy atom. The summed E-state index contributed by atoms with van der Waals surface area (Å²) in [7, 11) is 0. The molecule has 1 aromatic heterocycles. The van der Waals surface area contributed by atoms with Crippen LogP contribution in [0.25, 0.3) is 0 Å². The van der Waals surface area contributed by atoms with Gasteiger partial charge in [-0.1, -0.05) is 47.5 Å². The number of aromatic nitrogens is 2. The van der Waals surface area contributed by atoms with Crippen molar-refractivity contribution in [3.05, 3.63) is 52.0 Å². The van der Waals surface area contributed by atoms with E-state index in [2.05, 4.69) is 15.3 Å². The van der Waals surface area contributed by atoms with E-state index in [0.717, 1.165) is 5.56 Å². The topological polar surface area (TPSA) is 54.9 Å². The molecule has 0 radical (unpaired) electrons. The van der Waals surface area contributed by atoms with Gasteiger partial charge in [0, 0.05) is 6.42 Å². The second-order valence-electron chi connectivity index (χ2n) is 4.30. The lowest BCUT2D eigenvalue weighted by atomic mass is 10.0. The summed E-state index contributed by atoms with van der Waals surface area (Å²) >= 11 is 11.7. The minimum atomic E-state index is -0.174. The second-order valence-corrected chi connectivity index (χ2v) is 5.02. The smallest absolute Gasteiger partial charge is 0.224 e. The highest BCUT2D eigenvalue weighted by Crippen LogP contribution is 2.25. The molecule has 0 unspecified atom stereocenters. The molecule has 6 heteroatoms. The maximum atomic E-state index is 11.9. The highest BCUT2D eigenvalue weighted by atomic mass is 35.5. The summed E-state index contributed by atoms with van der Waals surface area (Å²) in [5.41, 5.74) is 2.56. The van der Waals surface area contributed by atoms with E-state index in [1.54, 1.807) is 0 Å². The number of nitrogens with one attached hydrogen (secondary N) is 1. The van der Waals surface area contributed by atoms with Crippen molar-refractivity contribution in [3.63, 3.8) is 0 Å². The van der Waals surface area contributed by atoms with Crippen molar-refractivity contribution in [1.82, 2.24) is 9.97 Å². The summed E-state index contributed by atoms with van der Waals surface area (Å²) in [4.78, 5) is 19.5. The summed E-state index contributed by atoms with van der Waals surface area (Å²) in [5.74, 6) is -0.174. The average molecular weight is 310 g/mol. The summed E-state index contributed by atoms with van der Waals surface area (Å²) in [6.07, 6.45) is 2.24. The lowest BCUT2D eigenvalue weighted by molar-refractivity contribution is -0.116. The van der Waals surface area contributed by atoms with Crippen molar-refractivity contribution >= 4 is 34.8 Å². The van der Waals surface area contributed by atoms with E-state index >= 15 is 0 Å². The Hall–Kier alpha value is -1.65. The van der Waals surface area contributed by atoms with Gasteiger partial charge in [-0.25, -0.2) is 9.97 Å². The molecule has 0 atom stereocenters. The molecule has 0 saturated carbocycles. The third-order valence-corrected chi connectivity index (χ3v) is 3.47. The molecule has 0 aliphatic carbocycles. The lowest BCUT2D eigenvalue weighted by Crippen LogP contribution is -2.14. The first-order valence-corrected chi connectivity index (χ1v) is 6.84. The fourth-order valence-corrected chi connectivity index (χ4v) is 2.20. The Bertz CT molecular complexity index is 611. The molecule has 0 saturated heterocycles. The van der Waals surface area contributed by atoms with Crippen molar-refractivity contribution < 1.29 is 4.79 Å². The minimum absolute atomic E-state index is 0.134. The molecule has 1 N–H and O–H groups in total. The first-order valence-electron chi connectivity index (χ1n) is 6.08. The van der Waals surface area contributed by atoms with Gasteiger partial charge in [-0.3, -0.25) is 4.79 Å². The summed E-state index contributed by atoms with van der Waals surface area (Å²) in [5, 5.41) is 2.91. The number of carbonyl (C=O) groups excluding carboxylic acids is 1. The standard InChI is InChI=1S/C14H13Cl2N3O/c1-9-4-2-3-5-10(9)6-7-11(20)19-12-13(15)17-8-18-14(12)16/h2-5,8H,6-7H2,1H3,(H,19,20). The predicted octanol–water partition coefficient (Wildman–Crippen LogP) is 3.66. The number of aryl methyl sites for hydroxylation is 2. The average Bonchev–Trinajstić information content (AvgIpc) is 2.42. The summed E-state index contributed by atoms with van der Waals surface area (Å²) in [6.45, 7) is 2.02. The first-order chi connectivity index (χ1) is 9.58. The predicted molar refractivity (Wildman–Crippen MR) is 80.2 cm³/mol. The Morgan fingerprint density at radius 2 is 1.85 bits per heavy atom. The van der Waals surface area contributed by atoms with E-state index in [-0.39, 0.29) is 21.9 Å². The first kappa shape index (κ1) is 14.8. The van der Waals surface area contributed by atoms with Crippen LogP contribution in [0.2, 0.25) is 10.3 Å². The van der Waals surface area contributed by atoms with Crippen LogP contribution in [0.15, 0.2) is 30.6 Å². The van der Waals surface area contributed by atoms with Crippen LogP contribution in [0.5, 0.6) is 0 Å². The quantitative estimate of drug-likeness (QED) is 0.877. The maximum absolute atomic E-state index is 11.9. The van der Waals surface area contributed by atoms with Gasteiger partial charge in [-0.05, 0) is 24.5 Å². The molecule has 0 aliphatic heterocycles. The summed E-state index contributed by atoms with van der Waals surface area (Å²) in [6, 6.07) is 7.96. The largest absolute Gasteiger partial charge is 0.321 e. The van der Waals surface area contributed by atoms with Gasteiger partial charge in [0.15, 0.2) is 10.3 Å². The number of hydrogen-bond donors (Lipinski definition) is 1. The highest BCUT2D eigenvalue weighted by Gasteiger charge is 2.12.